The van der Waals surface area contributed by atoms with Crippen molar-refractivity contribution in [1.82, 2.24) is 4.31 Å². The third-order valence-electron chi connectivity index (χ3n) is 3.44. The summed E-state index contributed by atoms with van der Waals surface area (Å²) in [6, 6.07) is 3.44. The third-order valence-corrected chi connectivity index (χ3v) is 5.38. The zero-order valence-electron chi connectivity index (χ0n) is 12.2. The molecule has 0 saturated carbocycles. The minimum absolute atomic E-state index is 0.218. The molecule has 1 aromatic carbocycles. The summed E-state index contributed by atoms with van der Waals surface area (Å²) < 4.78 is 26.5. The van der Waals surface area contributed by atoms with Gasteiger partial charge in [-0.25, -0.2) is 8.42 Å². The summed E-state index contributed by atoms with van der Waals surface area (Å²) in [5, 5.41) is 11.1. The van der Waals surface area contributed by atoms with Gasteiger partial charge in [-0.3, -0.25) is 16.0 Å². The first kappa shape index (κ1) is 17.3. The molecule has 0 heterocycles. The van der Waals surface area contributed by atoms with Crippen LogP contribution in [0.2, 0.25) is 0 Å². The molecule has 0 bridgehead atoms. The van der Waals surface area contributed by atoms with Crippen molar-refractivity contribution < 1.29 is 13.3 Å². The number of nitrogens with zero attached hydrogens (tertiary/aromatic N) is 2. The van der Waals surface area contributed by atoms with E-state index in [0.29, 0.717) is 12.8 Å². The first-order valence-electron chi connectivity index (χ1n) is 6.52. The van der Waals surface area contributed by atoms with Crippen LogP contribution in [0.5, 0.6) is 0 Å². The Morgan fingerprint density at radius 1 is 1.38 bits per heavy atom. The zero-order valence-corrected chi connectivity index (χ0v) is 13.1. The zero-order chi connectivity index (χ0) is 16.2. The molecule has 0 atom stereocenters. The van der Waals surface area contributed by atoms with E-state index in [0.717, 1.165) is 6.07 Å². The molecule has 118 valence electrons. The van der Waals surface area contributed by atoms with E-state index in [1.165, 1.54) is 23.5 Å². The van der Waals surface area contributed by atoms with Gasteiger partial charge in [-0.05, 0) is 25.0 Å². The Labute approximate surface area is 124 Å². The van der Waals surface area contributed by atoms with E-state index in [2.05, 4.69) is 5.43 Å². The highest BCUT2D eigenvalue weighted by Crippen LogP contribution is 2.30. The first-order chi connectivity index (χ1) is 9.79. The van der Waals surface area contributed by atoms with Gasteiger partial charge in [-0.1, -0.05) is 13.8 Å². The minimum atomic E-state index is -3.97. The summed E-state index contributed by atoms with van der Waals surface area (Å²) in [5.74, 6) is 5.25. The van der Waals surface area contributed by atoms with Crippen LogP contribution < -0.4 is 11.3 Å². The average Bonchev–Trinajstić information content (AvgIpc) is 2.47. The average molecular weight is 316 g/mol. The van der Waals surface area contributed by atoms with Crippen molar-refractivity contribution in [2.75, 3.05) is 12.5 Å². The Kier molecular flexibility index (Phi) is 5.64. The van der Waals surface area contributed by atoms with E-state index >= 15 is 0 Å². The summed E-state index contributed by atoms with van der Waals surface area (Å²) in [4.78, 5) is 9.99. The van der Waals surface area contributed by atoms with Gasteiger partial charge in [-0.2, -0.15) is 4.31 Å². The second-order valence-electron chi connectivity index (χ2n) is 4.58. The largest absolute Gasteiger partial charge is 0.324 e. The van der Waals surface area contributed by atoms with Crippen LogP contribution in [0.15, 0.2) is 23.1 Å². The topological polar surface area (TPSA) is 119 Å². The van der Waals surface area contributed by atoms with Crippen molar-refractivity contribution in [3.8, 4) is 0 Å². The Bertz CT molecular complexity index is 614. The molecule has 0 radical (unpaired) electrons. The second kappa shape index (κ2) is 6.83. The fourth-order valence-corrected chi connectivity index (χ4v) is 3.80. The van der Waals surface area contributed by atoms with E-state index in [9.17, 15) is 18.5 Å². The molecule has 0 fully saturated rings. The maximum atomic E-state index is 12.6. The van der Waals surface area contributed by atoms with Crippen molar-refractivity contribution in [1.29, 1.82) is 0 Å². The minimum Gasteiger partial charge on any atom is -0.324 e. The number of anilines is 1. The van der Waals surface area contributed by atoms with Crippen molar-refractivity contribution in [2.24, 2.45) is 5.84 Å². The van der Waals surface area contributed by atoms with Gasteiger partial charge >= 0.3 is 0 Å². The fourth-order valence-electron chi connectivity index (χ4n) is 2.12. The molecule has 3 N–H and O–H groups in total. The molecule has 1 rings (SSSR count). The molecule has 0 saturated heterocycles. The molecule has 0 aromatic heterocycles. The van der Waals surface area contributed by atoms with Crippen LogP contribution in [0.3, 0.4) is 0 Å². The fraction of sp³-hybridized carbons (Fsp3) is 0.500. The van der Waals surface area contributed by atoms with Crippen LogP contribution in [0.1, 0.15) is 26.7 Å². The van der Waals surface area contributed by atoms with Gasteiger partial charge < -0.3 is 5.43 Å². The normalized spacial score (nSPS) is 11.9. The van der Waals surface area contributed by atoms with Gasteiger partial charge in [0.25, 0.3) is 5.69 Å². The number of nitro groups is 1. The van der Waals surface area contributed by atoms with Gasteiger partial charge in [0, 0.05) is 19.2 Å². The van der Waals surface area contributed by atoms with Crippen molar-refractivity contribution in [3.63, 3.8) is 0 Å². The summed E-state index contributed by atoms with van der Waals surface area (Å²) in [7, 11) is -2.54. The number of benzene rings is 1. The molecule has 21 heavy (non-hydrogen) atoms. The predicted molar refractivity (Wildman–Crippen MR) is 80.2 cm³/mol. The van der Waals surface area contributed by atoms with E-state index in [-0.39, 0.29) is 16.6 Å². The lowest BCUT2D eigenvalue weighted by Gasteiger charge is -2.25. The number of nitrogens with one attached hydrogen (secondary N) is 1. The van der Waals surface area contributed by atoms with Crippen LogP contribution in [0.4, 0.5) is 11.4 Å². The highest BCUT2D eigenvalue weighted by Gasteiger charge is 2.32. The van der Waals surface area contributed by atoms with Gasteiger partial charge in [0.2, 0.25) is 10.0 Å². The third kappa shape index (κ3) is 3.49. The van der Waals surface area contributed by atoms with Crippen LogP contribution in [-0.2, 0) is 10.0 Å². The van der Waals surface area contributed by atoms with Crippen LogP contribution in [-0.4, -0.2) is 30.7 Å². The van der Waals surface area contributed by atoms with Crippen molar-refractivity contribution in [3.05, 3.63) is 28.3 Å². The Balaban J connectivity index is 3.45. The number of nitro benzene ring substituents is 1. The number of nitrogen functional groups attached to an aromatic ring is 1. The van der Waals surface area contributed by atoms with Gasteiger partial charge in [-0.15, -0.1) is 0 Å². The molecule has 1 aromatic rings. The molecule has 0 aliphatic rings. The number of hydrogen-bond acceptors (Lipinski definition) is 6. The molecule has 0 aliphatic heterocycles. The first-order valence-corrected chi connectivity index (χ1v) is 7.96. The van der Waals surface area contributed by atoms with Crippen LogP contribution >= 0.6 is 0 Å². The molecule has 0 aliphatic carbocycles. The van der Waals surface area contributed by atoms with Gasteiger partial charge in [0.15, 0.2) is 4.90 Å². The van der Waals surface area contributed by atoms with Crippen LogP contribution in [0.25, 0.3) is 0 Å². The monoisotopic (exact) mass is 316 g/mol. The van der Waals surface area contributed by atoms with E-state index < -0.39 is 20.6 Å². The highest BCUT2D eigenvalue weighted by atomic mass is 32.2. The molecule has 9 heteroatoms. The Hall–Kier alpha value is -1.71. The Morgan fingerprint density at radius 2 is 1.95 bits per heavy atom. The second-order valence-corrected chi connectivity index (χ2v) is 6.54. The lowest BCUT2D eigenvalue weighted by molar-refractivity contribution is -0.387. The molecular formula is C12H20N4O4S. The van der Waals surface area contributed by atoms with Crippen molar-refractivity contribution in [2.45, 2.75) is 37.6 Å². The molecular weight excluding hydrogens is 296 g/mol. The summed E-state index contributed by atoms with van der Waals surface area (Å²) in [6.07, 6.45) is 1.24. The maximum Gasteiger partial charge on any atom is 0.289 e. The molecule has 0 unspecified atom stereocenters. The Morgan fingerprint density at radius 3 is 2.38 bits per heavy atom. The smallest absolute Gasteiger partial charge is 0.289 e. The number of hydrogen-bond donors (Lipinski definition) is 2. The van der Waals surface area contributed by atoms with Gasteiger partial charge in [0.05, 0.1) is 10.6 Å². The lowest BCUT2D eigenvalue weighted by atomic mass is 10.2. The van der Waals surface area contributed by atoms with Crippen LogP contribution in [0, 0.1) is 10.1 Å². The summed E-state index contributed by atoms with van der Waals surface area (Å²) in [6.45, 7) is 3.74. The molecule has 0 amide bonds. The highest BCUT2D eigenvalue weighted by molar-refractivity contribution is 7.89. The number of hydrazine groups is 1. The van der Waals surface area contributed by atoms with E-state index in [1.54, 1.807) is 0 Å². The molecule has 8 nitrogen and oxygen atoms in total. The van der Waals surface area contributed by atoms with Crippen molar-refractivity contribution >= 4 is 21.4 Å². The summed E-state index contributed by atoms with van der Waals surface area (Å²) in [5.41, 5.74) is 2.12. The lowest BCUT2D eigenvalue weighted by Crippen LogP contribution is -2.36. The SMILES string of the molecule is CCC(CC)N(C)S(=O)(=O)c1cc(NN)ccc1[N+](=O)[O-]. The standard InChI is InChI=1S/C12H20N4O4S/c1-4-10(5-2)15(3)21(19,20)12-8-9(14-13)6-7-11(12)16(17)18/h6-8,10,14H,4-5,13H2,1-3H3. The number of sulfonamides is 1. The predicted octanol–water partition coefficient (Wildman–Crippen LogP) is 1.69. The molecule has 0 spiro atoms. The van der Waals surface area contributed by atoms with Gasteiger partial charge in [0.1, 0.15) is 0 Å². The number of nitrogens with two attached hydrogens (primary N) is 1. The maximum absolute atomic E-state index is 12.6. The van der Waals surface area contributed by atoms with E-state index in [4.69, 9.17) is 5.84 Å². The van der Waals surface area contributed by atoms with E-state index in [1.807, 2.05) is 13.8 Å². The summed E-state index contributed by atoms with van der Waals surface area (Å²) >= 11 is 0. The number of rotatable bonds is 7. The quantitative estimate of drug-likeness (QED) is 0.449.